The molecule has 30 heavy (non-hydrogen) atoms. The lowest BCUT2D eigenvalue weighted by molar-refractivity contribution is 0.110. The molecule has 160 valence electrons. The van der Waals surface area contributed by atoms with E-state index in [1.54, 1.807) is 18.0 Å². The molecule has 1 atom stereocenters. The molecule has 3 aromatic rings. The monoisotopic (exact) mass is 426 g/mol. The minimum absolute atomic E-state index is 0.144. The Bertz CT molecular complexity index is 932. The van der Waals surface area contributed by atoms with Gasteiger partial charge in [0, 0.05) is 21.3 Å². The lowest BCUT2D eigenvalue weighted by Gasteiger charge is -2.28. The maximum atomic E-state index is 9.41. The molecule has 0 amide bonds. The van der Waals surface area contributed by atoms with Crippen molar-refractivity contribution in [2.45, 2.75) is 54.4 Å². The van der Waals surface area contributed by atoms with Crippen LogP contribution >= 0.6 is 11.8 Å². The fourth-order valence-electron chi connectivity index (χ4n) is 3.29. The molecule has 2 aromatic carbocycles. The van der Waals surface area contributed by atoms with Crippen molar-refractivity contribution >= 4 is 11.8 Å². The van der Waals surface area contributed by atoms with E-state index in [2.05, 4.69) is 74.3 Å². The van der Waals surface area contributed by atoms with Crippen LogP contribution in [0.4, 0.5) is 0 Å². The van der Waals surface area contributed by atoms with Crippen molar-refractivity contribution in [1.29, 1.82) is 0 Å². The third-order valence-corrected chi connectivity index (χ3v) is 6.21. The summed E-state index contributed by atoms with van der Waals surface area (Å²) in [5.74, 6) is 1.17. The summed E-state index contributed by atoms with van der Waals surface area (Å²) in [6.07, 6.45) is 2.23. The zero-order chi connectivity index (χ0) is 21.7. The first kappa shape index (κ1) is 22.6. The van der Waals surface area contributed by atoms with Gasteiger partial charge in [0.05, 0.1) is 18.8 Å². The third kappa shape index (κ3) is 5.52. The number of hydrogen-bond acceptors (Lipinski definition) is 6. The molecule has 6 heteroatoms. The third-order valence-electron chi connectivity index (χ3n) is 5.19. The van der Waals surface area contributed by atoms with Gasteiger partial charge in [-0.3, -0.25) is 0 Å². The molecule has 3 rings (SSSR count). The van der Waals surface area contributed by atoms with Crippen LogP contribution in [0.15, 0.2) is 69.0 Å². The summed E-state index contributed by atoms with van der Waals surface area (Å²) in [5.41, 5.74) is 8.11. The second kappa shape index (κ2) is 9.79. The summed E-state index contributed by atoms with van der Waals surface area (Å²) in [6.45, 7) is 5.72. The lowest BCUT2D eigenvalue weighted by Crippen LogP contribution is -2.48. The fourth-order valence-corrected chi connectivity index (χ4v) is 4.10. The van der Waals surface area contributed by atoms with Crippen LogP contribution in [0.1, 0.15) is 50.5 Å². The van der Waals surface area contributed by atoms with E-state index >= 15 is 0 Å². The van der Waals surface area contributed by atoms with E-state index in [1.165, 1.54) is 0 Å². The van der Waals surface area contributed by atoms with Gasteiger partial charge in [-0.05, 0) is 42.2 Å². The topological polar surface area (TPSA) is 92.5 Å². The Hall–Kier alpha value is -2.12. The summed E-state index contributed by atoms with van der Waals surface area (Å²) in [7, 11) is 0. The highest BCUT2D eigenvalue weighted by molar-refractivity contribution is 7.99. The van der Waals surface area contributed by atoms with Crippen LogP contribution in [0.5, 0.6) is 0 Å². The molecule has 4 N–H and O–H groups in total. The quantitative estimate of drug-likeness (QED) is 0.455. The van der Waals surface area contributed by atoms with Gasteiger partial charge in [-0.25, -0.2) is 4.98 Å². The van der Waals surface area contributed by atoms with Crippen LogP contribution in [0.2, 0.25) is 0 Å². The van der Waals surface area contributed by atoms with Crippen molar-refractivity contribution in [2.75, 3.05) is 13.2 Å². The number of oxazole rings is 1. The molecule has 0 aliphatic heterocycles. The van der Waals surface area contributed by atoms with Crippen molar-refractivity contribution in [3.05, 3.63) is 66.2 Å². The van der Waals surface area contributed by atoms with E-state index in [9.17, 15) is 10.2 Å². The molecule has 1 unspecified atom stereocenters. The number of nitrogens with zero attached hydrogens (tertiary/aromatic N) is 1. The molecule has 0 saturated heterocycles. The smallest absolute Gasteiger partial charge is 0.197 e. The maximum Gasteiger partial charge on any atom is 0.197 e. The summed E-state index contributed by atoms with van der Waals surface area (Å²) >= 11 is 1.70. The van der Waals surface area contributed by atoms with Crippen LogP contribution in [0.25, 0.3) is 11.3 Å². The molecule has 0 fully saturated rings. The first-order valence-electron chi connectivity index (χ1n) is 10.2. The number of aliphatic hydroxyl groups excluding tert-OH is 2. The number of benzene rings is 2. The highest BCUT2D eigenvalue weighted by Gasteiger charge is 2.26. The van der Waals surface area contributed by atoms with Crippen molar-refractivity contribution in [1.82, 2.24) is 4.98 Å². The number of nitrogens with two attached hydrogens (primary N) is 1. The van der Waals surface area contributed by atoms with Crippen LogP contribution in [-0.4, -0.2) is 33.9 Å². The van der Waals surface area contributed by atoms with Gasteiger partial charge in [-0.2, -0.15) is 0 Å². The first-order chi connectivity index (χ1) is 14.3. The molecular formula is C24H30N2O3S. The largest absolute Gasteiger partial charge is 0.448 e. The molecule has 5 nitrogen and oxygen atoms in total. The normalized spacial score (nSPS) is 13.0. The van der Waals surface area contributed by atoms with E-state index < -0.39 is 5.54 Å². The Labute approximate surface area is 182 Å². The minimum atomic E-state index is -0.950. The summed E-state index contributed by atoms with van der Waals surface area (Å²) in [6, 6.07) is 16.6. The Kier molecular flexibility index (Phi) is 7.36. The molecule has 1 heterocycles. The number of hydrogen-bond donors (Lipinski definition) is 3. The van der Waals surface area contributed by atoms with Gasteiger partial charge in [0.15, 0.2) is 5.89 Å². The zero-order valence-electron chi connectivity index (χ0n) is 17.7. The highest BCUT2D eigenvalue weighted by atomic mass is 32.2. The lowest BCUT2D eigenvalue weighted by atomic mass is 9.86. The molecule has 0 saturated carbocycles. The predicted octanol–water partition coefficient (Wildman–Crippen LogP) is 4.79. The second-order valence-corrected chi connectivity index (χ2v) is 9.35. The standard InChI is InChI=1S/C24H30N2O3S/c1-16(2)23-26-22(13-29-23)19-6-10-21(11-7-19)30-20-8-4-18(5-9-20)17(3)12-24(25,14-27)15-28/h4-11,13,16-17,27-28H,12,14-15,25H2,1-3H3. The van der Waals surface area contributed by atoms with Gasteiger partial charge in [-0.15, -0.1) is 0 Å². The van der Waals surface area contributed by atoms with E-state index in [0.29, 0.717) is 6.42 Å². The van der Waals surface area contributed by atoms with E-state index in [1.807, 2.05) is 0 Å². The van der Waals surface area contributed by atoms with E-state index in [-0.39, 0.29) is 25.0 Å². The molecule has 0 bridgehead atoms. The SMILES string of the molecule is CC(C)c1nc(-c2ccc(Sc3ccc(C(C)CC(N)(CO)CO)cc3)cc2)co1. The number of aromatic nitrogens is 1. The average molecular weight is 427 g/mol. The summed E-state index contributed by atoms with van der Waals surface area (Å²) < 4.78 is 5.53. The van der Waals surface area contributed by atoms with Gasteiger partial charge >= 0.3 is 0 Å². The van der Waals surface area contributed by atoms with Crippen molar-refractivity contribution < 1.29 is 14.6 Å². The Balaban J connectivity index is 1.64. The fraction of sp³-hybridized carbons (Fsp3) is 0.375. The van der Waals surface area contributed by atoms with E-state index in [0.717, 1.165) is 32.5 Å². The van der Waals surface area contributed by atoms with Crippen molar-refractivity contribution in [3.8, 4) is 11.3 Å². The Morgan fingerprint density at radius 2 is 1.53 bits per heavy atom. The predicted molar refractivity (Wildman–Crippen MR) is 121 cm³/mol. The average Bonchev–Trinajstić information content (AvgIpc) is 3.25. The van der Waals surface area contributed by atoms with Gasteiger partial charge < -0.3 is 20.4 Å². The van der Waals surface area contributed by atoms with Crippen LogP contribution in [0, 0.1) is 0 Å². The number of aliphatic hydroxyl groups is 2. The van der Waals surface area contributed by atoms with Gasteiger partial charge in [-0.1, -0.05) is 56.8 Å². The highest BCUT2D eigenvalue weighted by Crippen LogP contribution is 2.32. The van der Waals surface area contributed by atoms with Gasteiger partial charge in [0.1, 0.15) is 12.0 Å². The molecule has 1 aromatic heterocycles. The first-order valence-corrected chi connectivity index (χ1v) is 11.0. The molecule has 0 spiro atoms. The number of rotatable bonds is 9. The summed E-state index contributed by atoms with van der Waals surface area (Å²) in [4.78, 5) is 6.83. The van der Waals surface area contributed by atoms with Crippen molar-refractivity contribution in [2.24, 2.45) is 5.73 Å². The van der Waals surface area contributed by atoms with Crippen LogP contribution in [-0.2, 0) is 0 Å². The minimum Gasteiger partial charge on any atom is -0.448 e. The Morgan fingerprint density at radius 1 is 0.967 bits per heavy atom. The van der Waals surface area contributed by atoms with Crippen LogP contribution in [0.3, 0.4) is 0 Å². The van der Waals surface area contributed by atoms with Gasteiger partial charge in [0.2, 0.25) is 0 Å². The maximum absolute atomic E-state index is 9.41. The van der Waals surface area contributed by atoms with Gasteiger partial charge in [0.25, 0.3) is 0 Å². The molecule has 0 radical (unpaired) electrons. The zero-order valence-corrected chi connectivity index (χ0v) is 18.5. The molecular weight excluding hydrogens is 396 g/mol. The van der Waals surface area contributed by atoms with Crippen molar-refractivity contribution in [3.63, 3.8) is 0 Å². The van der Waals surface area contributed by atoms with Crippen LogP contribution < -0.4 is 5.73 Å². The Morgan fingerprint density at radius 3 is 2.03 bits per heavy atom. The molecule has 0 aliphatic carbocycles. The van der Waals surface area contributed by atoms with E-state index in [4.69, 9.17) is 10.2 Å². The molecule has 0 aliphatic rings. The summed E-state index contributed by atoms with van der Waals surface area (Å²) in [5, 5.41) is 18.8. The second-order valence-electron chi connectivity index (χ2n) is 8.20.